The summed E-state index contributed by atoms with van der Waals surface area (Å²) >= 11 is 0. The predicted molar refractivity (Wildman–Crippen MR) is 131 cm³/mol. The van der Waals surface area contributed by atoms with E-state index in [1.807, 2.05) is 0 Å². The Balaban J connectivity index is 1.77. The normalized spacial score (nSPS) is 19.3. The average Bonchev–Trinajstić information content (AvgIpc) is 3.21. The fourth-order valence-electron chi connectivity index (χ4n) is 7.79. The lowest BCUT2D eigenvalue weighted by molar-refractivity contribution is -0.0849. The first-order chi connectivity index (χ1) is 14.8. The van der Waals surface area contributed by atoms with Crippen LogP contribution in [0.2, 0.25) is 0 Å². The Bertz CT molecular complexity index is 1320. The van der Waals surface area contributed by atoms with Crippen LogP contribution in [-0.2, 0) is 12.0 Å². The SMILES string of the molecule is Cc1ccc2c(c1)c1c(n2Cc2ccccc2)-c2ccccc2C12C(C)(C)CC2(C)C. The molecular weight excluding hydrogens is 374 g/mol. The molecule has 6 rings (SSSR count). The van der Waals surface area contributed by atoms with E-state index in [2.05, 4.69) is 112 Å². The van der Waals surface area contributed by atoms with Crippen LogP contribution in [-0.4, -0.2) is 4.57 Å². The molecule has 1 spiro atoms. The zero-order valence-electron chi connectivity index (χ0n) is 19.3. The van der Waals surface area contributed by atoms with Crippen LogP contribution < -0.4 is 0 Å². The Labute approximate surface area is 185 Å². The smallest absolute Gasteiger partial charge is 0.0539 e. The number of nitrogens with zero attached hydrogens (tertiary/aromatic N) is 1. The van der Waals surface area contributed by atoms with E-state index in [1.54, 1.807) is 5.56 Å². The second-order valence-electron chi connectivity index (χ2n) is 11.1. The molecule has 0 aliphatic heterocycles. The molecule has 0 saturated heterocycles. The number of hydrogen-bond acceptors (Lipinski definition) is 0. The van der Waals surface area contributed by atoms with E-state index in [1.165, 1.54) is 45.3 Å². The summed E-state index contributed by atoms with van der Waals surface area (Å²) in [5.41, 5.74) is 10.5. The van der Waals surface area contributed by atoms with Crippen LogP contribution in [0.3, 0.4) is 0 Å². The second-order valence-corrected chi connectivity index (χ2v) is 11.1. The van der Waals surface area contributed by atoms with Crippen molar-refractivity contribution in [3.63, 3.8) is 0 Å². The average molecular weight is 406 g/mol. The van der Waals surface area contributed by atoms with Crippen molar-refractivity contribution in [2.75, 3.05) is 0 Å². The zero-order chi connectivity index (χ0) is 21.6. The molecule has 31 heavy (non-hydrogen) atoms. The molecule has 156 valence electrons. The maximum atomic E-state index is 2.59. The highest BCUT2D eigenvalue weighted by molar-refractivity contribution is 5.99. The Morgan fingerprint density at radius 1 is 0.806 bits per heavy atom. The van der Waals surface area contributed by atoms with Gasteiger partial charge in [0, 0.05) is 28.4 Å². The second kappa shape index (κ2) is 5.91. The van der Waals surface area contributed by atoms with Crippen LogP contribution in [0.1, 0.15) is 56.4 Å². The summed E-state index contributed by atoms with van der Waals surface area (Å²) in [4.78, 5) is 0. The lowest BCUT2D eigenvalue weighted by Crippen LogP contribution is -2.63. The molecule has 0 N–H and O–H groups in total. The minimum Gasteiger partial charge on any atom is -0.336 e. The van der Waals surface area contributed by atoms with Crippen LogP contribution >= 0.6 is 0 Å². The van der Waals surface area contributed by atoms with E-state index in [0.29, 0.717) is 0 Å². The summed E-state index contributed by atoms with van der Waals surface area (Å²) in [6.45, 7) is 13.1. The van der Waals surface area contributed by atoms with Crippen LogP contribution in [0.5, 0.6) is 0 Å². The summed E-state index contributed by atoms with van der Waals surface area (Å²) in [5.74, 6) is 0. The van der Waals surface area contributed by atoms with Gasteiger partial charge in [0.15, 0.2) is 0 Å². The first-order valence-electron chi connectivity index (χ1n) is 11.6. The van der Waals surface area contributed by atoms with Gasteiger partial charge in [-0.2, -0.15) is 0 Å². The summed E-state index contributed by atoms with van der Waals surface area (Å²) in [5, 5.41) is 1.45. The molecule has 0 bridgehead atoms. The van der Waals surface area contributed by atoms with Gasteiger partial charge in [-0.15, -0.1) is 0 Å². The highest BCUT2D eigenvalue weighted by Crippen LogP contribution is 2.76. The first kappa shape index (κ1) is 18.9. The van der Waals surface area contributed by atoms with Gasteiger partial charge in [-0.25, -0.2) is 0 Å². The van der Waals surface area contributed by atoms with Crippen molar-refractivity contribution in [2.24, 2.45) is 10.8 Å². The van der Waals surface area contributed by atoms with Crippen molar-refractivity contribution in [3.8, 4) is 11.3 Å². The fraction of sp³-hybridized carbons (Fsp3) is 0.333. The first-order valence-corrected chi connectivity index (χ1v) is 11.6. The molecule has 0 atom stereocenters. The molecule has 0 amide bonds. The molecule has 1 nitrogen and oxygen atoms in total. The van der Waals surface area contributed by atoms with E-state index >= 15 is 0 Å². The minimum atomic E-state index is 0.0416. The van der Waals surface area contributed by atoms with E-state index in [4.69, 9.17) is 0 Å². The maximum Gasteiger partial charge on any atom is 0.0539 e. The molecule has 1 fully saturated rings. The van der Waals surface area contributed by atoms with Crippen LogP contribution in [0.25, 0.3) is 22.2 Å². The summed E-state index contributed by atoms with van der Waals surface area (Å²) in [6.07, 6.45) is 1.24. The van der Waals surface area contributed by atoms with Crippen molar-refractivity contribution in [1.29, 1.82) is 0 Å². The molecule has 0 radical (unpaired) electrons. The highest BCUT2D eigenvalue weighted by atomic mass is 15.0. The largest absolute Gasteiger partial charge is 0.336 e. The van der Waals surface area contributed by atoms with Gasteiger partial charge in [0.05, 0.1) is 5.69 Å². The van der Waals surface area contributed by atoms with Gasteiger partial charge in [0.1, 0.15) is 0 Å². The quantitative estimate of drug-likeness (QED) is 0.322. The number of aromatic nitrogens is 1. The van der Waals surface area contributed by atoms with Gasteiger partial charge < -0.3 is 4.57 Å². The van der Waals surface area contributed by atoms with E-state index < -0.39 is 0 Å². The molecular formula is C30H31N. The monoisotopic (exact) mass is 405 g/mol. The van der Waals surface area contributed by atoms with Crippen molar-refractivity contribution < 1.29 is 0 Å². The number of fused-ring (bicyclic) bond motifs is 7. The van der Waals surface area contributed by atoms with E-state index in [0.717, 1.165) is 6.54 Å². The van der Waals surface area contributed by atoms with Crippen molar-refractivity contribution in [2.45, 2.75) is 53.0 Å². The Kier molecular flexibility index (Phi) is 3.61. The Morgan fingerprint density at radius 3 is 2.19 bits per heavy atom. The van der Waals surface area contributed by atoms with E-state index in [-0.39, 0.29) is 16.2 Å². The molecule has 4 aromatic rings. The van der Waals surface area contributed by atoms with Gasteiger partial charge in [0.2, 0.25) is 0 Å². The molecule has 2 aliphatic carbocycles. The lowest BCUT2D eigenvalue weighted by atomic mass is 9.35. The van der Waals surface area contributed by atoms with Gasteiger partial charge in [-0.3, -0.25) is 0 Å². The zero-order valence-corrected chi connectivity index (χ0v) is 19.3. The molecule has 3 aromatic carbocycles. The molecule has 1 aromatic heterocycles. The maximum absolute atomic E-state index is 2.59. The van der Waals surface area contributed by atoms with Crippen LogP contribution in [0, 0.1) is 17.8 Å². The minimum absolute atomic E-state index is 0.0416. The van der Waals surface area contributed by atoms with Crippen molar-refractivity contribution in [1.82, 2.24) is 4.57 Å². The highest BCUT2D eigenvalue weighted by Gasteiger charge is 2.70. The predicted octanol–water partition coefficient (Wildman–Crippen LogP) is 7.72. The number of benzene rings is 3. The topological polar surface area (TPSA) is 4.93 Å². The summed E-state index contributed by atoms with van der Waals surface area (Å²) in [7, 11) is 0. The molecule has 1 saturated carbocycles. The molecule has 2 aliphatic rings. The van der Waals surface area contributed by atoms with Crippen LogP contribution in [0.15, 0.2) is 72.8 Å². The van der Waals surface area contributed by atoms with Gasteiger partial charge in [-0.1, -0.05) is 93.9 Å². The molecule has 0 unspecified atom stereocenters. The van der Waals surface area contributed by atoms with Gasteiger partial charge in [0.25, 0.3) is 0 Å². The van der Waals surface area contributed by atoms with Gasteiger partial charge in [-0.05, 0) is 53.0 Å². The Hall–Kier alpha value is -2.80. The van der Waals surface area contributed by atoms with Crippen molar-refractivity contribution in [3.05, 3.63) is 95.1 Å². The summed E-state index contributed by atoms with van der Waals surface area (Å²) < 4.78 is 2.59. The third-order valence-corrected chi connectivity index (χ3v) is 8.28. The number of hydrogen-bond donors (Lipinski definition) is 0. The van der Waals surface area contributed by atoms with Crippen LogP contribution in [0.4, 0.5) is 0 Å². The molecule has 1 heteroatoms. The number of rotatable bonds is 2. The molecule has 1 heterocycles. The van der Waals surface area contributed by atoms with E-state index in [9.17, 15) is 0 Å². The lowest BCUT2D eigenvalue weighted by Gasteiger charge is -2.67. The summed E-state index contributed by atoms with van der Waals surface area (Å²) in [6, 6.07) is 27.2. The third kappa shape index (κ3) is 2.17. The number of aryl methyl sites for hydroxylation is 1. The Morgan fingerprint density at radius 2 is 1.48 bits per heavy atom. The fourth-order valence-corrected chi connectivity index (χ4v) is 7.79. The standard InChI is InChI=1S/C30H31N/c1-20-15-16-25-23(17-20)26-27(31(25)18-21-11-7-6-8-12-21)22-13-9-10-14-24(22)30(26)28(2,3)19-29(30,4)5/h6-17H,18-19H2,1-5H3. The van der Waals surface area contributed by atoms with Crippen molar-refractivity contribution >= 4 is 10.9 Å². The van der Waals surface area contributed by atoms with Gasteiger partial charge >= 0.3 is 0 Å². The third-order valence-electron chi connectivity index (χ3n) is 8.28.